The van der Waals surface area contributed by atoms with Crippen LogP contribution in [0.2, 0.25) is 0 Å². The molecule has 5 nitrogen and oxygen atoms in total. The number of phenols is 1. The Kier molecular flexibility index (Phi) is 4.79. The molecule has 3 aromatic rings. The van der Waals surface area contributed by atoms with Crippen molar-refractivity contribution in [3.63, 3.8) is 0 Å². The van der Waals surface area contributed by atoms with E-state index in [1.165, 1.54) is 23.1 Å². The normalized spacial score (nSPS) is 17.3. The highest BCUT2D eigenvalue weighted by molar-refractivity contribution is 8.18. The van der Waals surface area contributed by atoms with Gasteiger partial charge in [-0.15, -0.1) is 6.58 Å². The summed E-state index contributed by atoms with van der Waals surface area (Å²) in [6.07, 6.45) is 3.42. The van der Waals surface area contributed by atoms with Crippen LogP contribution in [-0.4, -0.2) is 32.6 Å². The topological polar surface area (TPSA) is 65.8 Å². The summed E-state index contributed by atoms with van der Waals surface area (Å²) in [5.41, 5.74) is 1.65. The summed E-state index contributed by atoms with van der Waals surface area (Å²) in [6, 6.07) is 14.6. The number of amidine groups is 1. The lowest BCUT2D eigenvalue weighted by atomic mass is 10.2. The number of carbonyl (C=O) groups excluding carboxylic acids is 1. The number of carbonyl (C=O) groups is 1. The second kappa shape index (κ2) is 7.38. The Balaban J connectivity index is 1.70. The van der Waals surface area contributed by atoms with Gasteiger partial charge in [0.2, 0.25) is 5.13 Å². The van der Waals surface area contributed by atoms with Crippen LogP contribution in [0, 0.1) is 0 Å². The fourth-order valence-electron chi connectivity index (χ4n) is 2.64. The van der Waals surface area contributed by atoms with Gasteiger partial charge in [-0.2, -0.15) is 4.99 Å². The molecule has 1 fully saturated rings. The van der Waals surface area contributed by atoms with Crippen molar-refractivity contribution in [1.29, 1.82) is 0 Å². The summed E-state index contributed by atoms with van der Waals surface area (Å²) in [6.45, 7) is 4.10. The third-order valence-corrected chi connectivity index (χ3v) is 5.78. The van der Waals surface area contributed by atoms with Crippen LogP contribution in [0.3, 0.4) is 0 Å². The van der Waals surface area contributed by atoms with Crippen molar-refractivity contribution < 1.29 is 9.90 Å². The zero-order valence-electron chi connectivity index (χ0n) is 14.2. The molecule has 0 atom stereocenters. The minimum Gasteiger partial charge on any atom is -0.508 e. The van der Waals surface area contributed by atoms with Crippen LogP contribution in [0.5, 0.6) is 5.75 Å². The molecule has 2 aromatic carbocycles. The number of rotatable bonds is 4. The Bertz CT molecular complexity index is 1070. The highest BCUT2D eigenvalue weighted by Gasteiger charge is 2.32. The van der Waals surface area contributed by atoms with Gasteiger partial charge in [-0.25, -0.2) is 4.98 Å². The van der Waals surface area contributed by atoms with Crippen molar-refractivity contribution in [2.45, 2.75) is 0 Å². The second-order valence-electron chi connectivity index (χ2n) is 5.77. The van der Waals surface area contributed by atoms with Gasteiger partial charge >= 0.3 is 0 Å². The number of nitrogens with zero attached hydrogens (tertiary/aromatic N) is 3. The van der Waals surface area contributed by atoms with E-state index in [1.807, 2.05) is 30.3 Å². The summed E-state index contributed by atoms with van der Waals surface area (Å²) >= 11 is 2.78. The van der Waals surface area contributed by atoms with Gasteiger partial charge in [0, 0.05) is 6.54 Å². The van der Waals surface area contributed by atoms with E-state index in [0.29, 0.717) is 21.7 Å². The zero-order chi connectivity index (χ0) is 18.8. The minimum absolute atomic E-state index is 0.136. The van der Waals surface area contributed by atoms with Crippen LogP contribution in [-0.2, 0) is 4.79 Å². The number of thiazole rings is 1. The number of benzene rings is 2. The van der Waals surface area contributed by atoms with Crippen LogP contribution < -0.4 is 0 Å². The SMILES string of the molecule is C=CCN1C(=O)/C(=C/c2cccc(O)c2)S/C1=N\c1nc2ccccc2s1. The average molecular weight is 393 g/mol. The smallest absolute Gasteiger partial charge is 0.267 e. The van der Waals surface area contributed by atoms with Crippen molar-refractivity contribution in [1.82, 2.24) is 9.88 Å². The number of hydrogen-bond donors (Lipinski definition) is 1. The van der Waals surface area contributed by atoms with E-state index in [9.17, 15) is 9.90 Å². The number of aliphatic imine (C=N–C) groups is 1. The molecule has 1 aliphatic heterocycles. The molecule has 1 saturated heterocycles. The van der Waals surface area contributed by atoms with Crippen molar-refractivity contribution >= 4 is 55.6 Å². The number of para-hydroxylation sites is 1. The Morgan fingerprint density at radius 2 is 2.07 bits per heavy atom. The number of phenolic OH excluding ortho intramolecular Hbond substituents is 1. The van der Waals surface area contributed by atoms with Gasteiger partial charge < -0.3 is 5.11 Å². The first-order valence-electron chi connectivity index (χ1n) is 8.19. The summed E-state index contributed by atoms with van der Waals surface area (Å²) in [7, 11) is 0. The van der Waals surface area contributed by atoms with Gasteiger partial charge in [0.05, 0.1) is 15.1 Å². The van der Waals surface area contributed by atoms with Crippen molar-refractivity contribution in [2.75, 3.05) is 6.54 Å². The Morgan fingerprint density at radius 1 is 1.22 bits per heavy atom. The predicted molar refractivity (Wildman–Crippen MR) is 112 cm³/mol. The fourth-order valence-corrected chi connectivity index (χ4v) is 4.52. The number of hydrogen-bond acceptors (Lipinski definition) is 6. The largest absolute Gasteiger partial charge is 0.508 e. The van der Waals surface area contributed by atoms with E-state index >= 15 is 0 Å². The molecular formula is C20H15N3O2S2. The standard InChI is InChI=1S/C20H15N3O2S2/c1-2-10-23-18(25)17(12-13-6-5-7-14(24)11-13)27-20(23)22-19-21-15-8-3-4-9-16(15)26-19/h2-9,11-12,24H,1,10H2/b17-12-,22-20-. The second-order valence-corrected chi connectivity index (χ2v) is 7.79. The summed E-state index contributed by atoms with van der Waals surface area (Å²) in [5.74, 6) is 0.0224. The quantitative estimate of drug-likeness (QED) is 0.511. The third kappa shape index (κ3) is 3.65. The average Bonchev–Trinajstić information content (AvgIpc) is 3.18. The number of thioether (sulfide) groups is 1. The molecule has 1 N–H and O–H groups in total. The molecule has 1 amide bonds. The molecule has 27 heavy (non-hydrogen) atoms. The molecule has 0 saturated carbocycles. The summed E-state index contributed by atoms with van der Waals surface area (Å²) < 4.78 is 1.05. The van der Waals surface area contributed by atoms with E-state index in [1.54, 1.807) is 35.3 Å². The molecular weight excluding hydrogens is 378 g/mol. The number of aromatic hydroxyl groups is 1. The van der Waals surface area contributed by atoms with Gasteiger partial charge in [0.15, 0.2) is 5.17 Å². The first-order valence-corrected chi connectivity index (χ1v) is 9.83. The maximum absolute atomic E-state index is 12.8. The van der Waals surface area contributed by atoms with Gasteiger partial charge in [-0.3, -0.25) is 9.69 Å². The van der Waals surface area contributed by atoms with Crippen LogP contribution in [0.25, 0.3) is 16.3 Å². The van der Waals surface area contributed by atoms with E-state index in [4.69, 9.17) is 0 Å². The molecule has 1 aromatic heterocycles. The van der Waals surface area contributed by atoms with E-state index in [0.717, 1.165) is 15.8 Å². The molecule has 0 spiro atoms. The van der Waals surface area contributed by atoms with Gasteiger partial charge in [0.25, 0.3) is 5.91 Å². The van der Waals surface area contributed by atoms with Gasteiger partial charge in [0.1, 0.15) is 5.75 Å². The summed E-state index contributed by atoms with van der Waals surface area (Å²) in [5, 5.41) is 10.8. The molecule has 4 rings (SSSR count). The molecule has 0 bridgehead atoms. The van der Waals surface area contributed by atoms with Crippen LogP contribution in [0.1, 0.15) is 5.56 Å². The van der Waals surface area contributed by atoms with Crippen LogP contribution in [0.15, 0.2) is 71.1 Å². The lowest BCUT2D eigenvalue weighted by Crippen LogP contribution is -2.29. The van der Waals surface area contributed by atoms with Crippen molar-refractivity contribution in [3.8, 4) is 5.75 Å². The molecule has 1 aliphatic rings. The maximum atomic E-state index is 12.8. The highest BCUT2D eigenvalue weighted by atomic mass is 32.2. The van der Waals surface area contributed by atoms with E-state index < -0.39 is 0 Å². The zero-order valence-corrected chi connectivity index (χ0v) is 15.8. The molecule has 2 heterocycles. The van der Waals surface area contributed by atoms with Crippen molar-refractivity contribution in [3.05, 3.63) is 71.7 Å². The Morgan fingerprint density at radius 3 is 2.85 bits per heavy atom. The van der Waals surface area contributed by atoms with Crippen molar-refractivity contribution in [2.24, 2.45) is 4.99 Å². The third-order valence-electron chi connectivity index (χ3n) is 3.84. The Labute approximate surface area is 164 Å². The highest BCUT2D eigenvalue weighted by Crippen LogP contribution is 2.36. The fraction of sp³-hybridized carbons (Fsp3) is 0.0500. The lowest BCUT2D eigenvalue weighted by molar-refractivity contribution is -0.121. The molecule has 0 aliphatic carbocycles. The maximum Gasteiger partial charge on any atom is 0.267 e. The number of fused-ring (bicyclic) bond motifs is 1. The first-order chi connectivity index (χ1) is 13.1. The number of amides is 1. The monoisotopic (exact) mass is 393 g/mol. The molecule has 0 radical (unpaired) electrons. The van der Waals surface area contributed by atoms with Crippen LogP contribution >= 0.6 is 23.1 Å². The lowest BCUT2D eigenvalue weighted by Gasteiger charge is -2.11. The predicted octanol–water partition coefficient (Wildman–Crippen LogP) is 4.79. The Hall–Kier alpha value is -2.90. The van der Waals surface area contributed by atoms with E-state index in [2.05, 4.69) is 16.6 Å². The molecule has 134 valence electrons. The molecule has 0 unspecified atom stereocenters. The van der Waals surface area contributed by atoms with Gasteiger partial charge in [-0.05, 0) is 47.7 Å². The minimum atomic E-state index is -0.136. The first kappa shape index (κ1) is 17.5. The summed E-state index contributed by atoms with van der Waals surface area (Å²) in [4.78, 5) is 24.0. The number of aromatic nitrogens is 1. The van der Waals surface area contributed by atoms with Gasteiger partial charge in [-0.1, -0.05) is 41.7 Å². The van der Waals surface area contributed by atoms with Crippen LogP contribution in [0.4, 0.5) is 5.13 Å². The molecule has 7 heteroatoms. The van der Waals surface area contributed by atoms with E-state index in [-0.39, 0.29) is 11.7 Å².